The molecule has 0 spiro atoms. The molecule has 1 aliphatic carbocycles. The molecule has 1 saturated carbocycles. The largest absolute Gasteiger partial charge is 0.379 e. The van der Waals surface area contributed by atoms with E-state index in [0.717, 1.165) is 25.8 Å². The third-order valence-electron chi connectivity index (χ3n) is 2.71. The van der Waals surface area contributed by atoms with Crippen molar-refractivity contribution in [1.29, 1.82) is 0 Å². The van der Waals surface area contributed by atoms with Crippen LogP contribution < -0.4 is 16.6 Å². The highest BCUT2D eigenvalue weighted by molar-refractivity contribution is 5.79. The van der Waals surface area contributed by atoms with Gasteiger partial charge in [0.2, 0.25) is 5.96 Å². The van der Waals surface area contributed by atoms with E-state index in [0.29, 0.717) is 12.0 Å². The lowest BCUT2D eigenvalue weighted by Crippen LogP contribution is -2.49. The molecule has 0 heterocycles. The van der Waals surface area contributed by atoms with Crippen LogP contribution in [0.4, 0.5) is 0 Å². The van der Waals surface area contributed by atoms with Gasteiger partial charge in [-0.1, -0.05) is 6.92 Å². The SMILES string of the molecule is CCCN=C(NN)NC1CCCC1OC. The van der Waals surface area contributed by atoms with Crippen LogP contribution >= 0.6 is 0 Å². The predicted octanol–water partition coefficient (Wildman–Crippen LogP) is 0.373. The van der Waals surface area contributed by atoms with Gasteiger partial charge in [-0.25, -0.2) is 5.84 Å². The van der Waals surface area contributed by atoms with E-state index >= 15 is 0 Å². The molecule has 0 aromatic carbocycles. The quantitative estimate of drug-likeness (QED) is 0.274. The second-order valence-electron chi connectivity index (χ2n) is 3.83. The fourth-order valence-corrected chi connectivity index (χ4v) is 1.91. The fraction of sp³-hybridized carbons (Fsp3) is 0.900. The standard InChI is InChI=1S/C10H22N4O/c1-3-7-12-10(14-11)13-8-5-4-6-9(8)15-2/h8-9H,3-7,11H2,1-2H3,(H2,12,13,14). The summed E-state index contributed by atoms with van der Waals surface area (Å²) in [6.07, 6.45) is 4.73. The number of aliphatic imine (C=N–C) groups is 1. The zero-order chi connectivity index (χ0) is 11.1. The summed E-state index contributed by atoms with van der Waals surface area (Å²) in [5.74, 6) is 6.07. The summed E-state index contributed by atoms with van der Waals surface area (Å²) in [6, 6.07) is 0.335. The zero-order valence-electron chi connectivity index (χ0n) is 9.62. The highest BCUT2D eigenvalue weighted by Gasteiger charge is 2.27. The van der Waals surface area contributed by atoms with Crippen molar-refractivity contribution >= 4 is 5.96 Å². The molecule has 0 saturated heterocycles. The van der Waals surface area contributed by atoms with Crippen LogP contribution in [-0.2, 0) is 4.74 Å². The highest BCUT2D eigenvalue weighted by atomic mass is 16.5. The molecule has 5 nitrogen and oxygen atoms in total. The Balaban J connectivity index is 2.43. The summed E-state index contributed by atoms with van der Waals surface area (Å²) < 4.78 is 5.39. The number of nitrogens with two attached hydrogens (primary N) is 1. The van der Waals surface area contributed by atoms with Crippen LogP contribution in [0.25, 0.3) is 0 Å². The molecular formula is C10H22N4O. The Morgan fingerprint density at radius 2 is 2.33 bits per heavy atom. The molecule has 4 N–H and O–H groups in total. The summed E-state index contributed by atoms with van der Waals surface area (Å²) in [7, 11) is 1.75. The fourth-order valence-electron chi connectivity index (χ4n) is 1.91. The lowest BCUT2D eigenvalue weighted by atomic mass is 10.2. The highest BCUT2D eigenvalue weighted by Crippen LogP contribution is 2.21. The Morgan fingerprint density at radius 1 is 1.53 bits per heavy atom. The average molecular weight is 214 g/mol. The molecular weight excluding hydrogens is 192 g/mol. The van der Waals surface area contributed by atoms with Crippen molar-refractivity contribution in [2.45, 2.75) is 44.8 Å². The van der Waals surface area contributed by atoms with Crippen molar-refractivity contribution in [3.8, 4) is 0 Å². The molecule has 88 valence electrons. The second kappa shape index (κ2) is 6.63. The third kappa shape index (κ3) is 3.68. The lowest BCUT2D eigenvalue weighted by molar-refractivity contribution is 0.0905. The average Bonchev–Trinajstić information content (AvgIpc) is 2.71. The van der Waals surface area contributed by atoms with Crippen LogP contribution in [0.5, 0.6) is 0 Å². The Morgan fingerprint density at radius 3 is 2.93 bits per heavy atom. The van der Waals surface area contributed by atoms with Crippen molar-refractivity contribution in [2.24, 2.45) is 10.8 Å². The molecule has 5 heteroatoms. The van der Waals surface area contributed by atoms with Crippen LogP contribution in [0.3, 0.4) is 0 Å². The molecule has 0 bridgehead atoms. The first-order chi connectivity index (χ1) is 7.31. The molecule has 1 fully saturated rings. The Labute approximate surface area is 91.4 Å². The van der Waals surface area contributed by atoms with Crippen molar-refractivity contribution < 1.29 is 4.74 Å². The van der Waals surface area contributed by atoms with Crippen LogP contribution in [0.2, 0.25) is 0 Å². The van der Waals surface area contributed by atoms with Crippen LogP contribution in [0.1, 0.15) is 32.6 Å². The Kier molecular flexibility index (Phi) is 5.42. The van der Waals surface area contributed by atoms with E-state index in [-0.39, 0.29) is 6.10 Å². The first kappa shape index (κ1) is 12.3. The lowest BCUT2D eigenvalue weighted by Gasteiger charge is -2.21. The van der Waals surface area contributed by atoms with E-state index in [1.165, 1.54) is 6.42 Å². The summed E-state index contributed by atoms with van der Waals surface area (Å²) in [5, 5.41) is 3.29. The number of nitrogens with zero attached hydrogens (tertiary/aromatic N) is 1. The number of hydrogen-bond acceptors (Lipinski definition) is 3. The van der Waals surface area contributed by atoms with Crippen LogP contribution in [-0.4, -0.2) is 31.8 Å². The number of methoxy groups -OCH3 is 1. The van der Waals surface area contributed by atoms with Gasteiger partial charge in [0.05, 0.1) is 12.1 Å². The topological polar surface area (TPSA) is 71.7 Å². The molecule has 0 aliphatic heterocycles. The minimum Gasteiger partial charge on any atom is -0.379 e. The molecule has 1 rings (SSSR count). The molecule has 2 atom stereocenters. The molecule has 0 radical (unpaired) electrons. The van der Waals surface area contributed by atoms with E-state index < -0.39 is 0 Å². The maximum absolute atomic E-state index is 5.39. The summed E-state index contributed by atoms with van der Waals surface area (Å²) >= 11 is 0. The van der Waals surface area contributed by atoms with Crippen molar-refractivity contribution in [3.63, 3.8) is 0 Å². The maximum Gasteiger partial charge on any atom is 0.206 e. The molecule has 0 aromatic heterocycles. The van der Waals surface area contributed by atoms with Gasteiger partial charge >= 0.3 is 0 Å². The smallest absolute Gasteiger partial charge is 0.206 e. The number of rotatable bonds is 4. The maximum atomic E-state index is 5.39. The van der Waals surface area contributed by atoms with Gasteiger partial charge in [-0.2, -0.15) is 0 Å². The zero-order valence-corrected chi connectivity index (χ0v) is 9.62. The van der Waals surface area contributed by atoms with Crippen LogP contribution in [0.15, 0.2) is 4.99 Å². The van der Waals surface area contributed by atoms with Crippen molar-refractivity contribution in [2.75, 3.05) is 13.7 Å². The summed E-state index contributed by atoms with van der Waals surface area (Å²) in [5.41, 5.74) is 2.59. The molecule has 15 heavy (non-hydrogen) atoms. The Hall–Kier alpha value is -0.810. The van der Waals surface area contributed by atoms with Gasteiger partial charge < -0.3 is 10.1 Å². The van der Waals surface area contributed by atoms with Gasteiger partial charge in [0.1, 0.15) is 0 Å². The van der Waals surface area contributed by atoms with E-state index in [4.69, 9.17) is 10.6 Å². The van der Waals surface area contributed by atoms with Gasteiger partial charge in [0.25, 0.3) is 0 Å². The summed E-state index contributed by atoms with van der Waals surface area (Å²) in [4.78, 5) is 4.31. The Bertz CT molecular complexity index is 208. The minimum atomic E-state index is 0.283. The van der Waals surface area contributed by atoms with Gasteiger partial charge in [0.15, 0.2) is 0 Å². The molecule has 1 aliphatic rings. The first-order valence-electron chi connectivity index (χ1n) is 5.62. The molecule has 0 aromatic rings. The number of ether oxygens (including phenoxy) is 1. The normalized spacial score (nSPS) is 26.7. The van der Waals surface area contributed by atoms with E-state index in [1.807, 2.05) is 0 Å². The first-order valence-corrected chi connectivity index (χ1v) is 5.62. The van der Waals surface area contributed by atoms with E-state index in [9.17, 15) is 0 Å². The predicted molar refractivity (Wildman–Crippen MR) is 61.5 cm³/mol. The van der Waals surface area contributed by atoms with Crippen molar-refractivity contribution in [1.82, 2.24) is 10.7 Å². The minimum absolute atomic E-state index is 0.283. The van der Waals surface area contributed by atoms with E-state index in [1.54, 1.807) is 7.11 Å². The number of nitrogens with one attached hydrogen (secondary N) is 2. The number of hydrogen-bond donors (Lipinski definition) is 3. The number of hydrazine groups is 1. The van der Waals surface area contributed by atoms with Gasteiger partial charge in [0, 0.05) is 13.7 Å². The van der Waals surface area contributed by atoms with Gasteiger partial charge in [-0.3, -0.25) is 10.4 Å². The van der Waals surface area contributed by atoms with Crippen molar-refractivity contribution in [3.05, 3.63) is 0 Å². The monoisotopic (exact) mass is 214 g/mol. The molecule has 0 amide bonds. The number of guanidine groups is 1. The van der Waals surface area contributed by atoms with Gasteiger partial charge in [-0.05, 0) is 25.7 Å². The molecule has 2 unspecified atom stereocenters. The van der Waals surface area contributed by atoms with Gasteiger partial charge in [-0.15, -0.1) is 0 Å². The van der Waals surface area contributed by atoms with E-state index in [2.05, 4.69) is 22.7 Å². The third-order valence-corrected chi connectivity index (χ3v) is 2.71. The second-order valence-corrected chi connectivity index (χ2v) is 3.83. The summed E-state index contributed by atoms with van der Waals surface area (Å²) in [6.45, 7) is 2.88. The van der Waals surface area contributed by atoms with Crippen LogP contribution in [0, 0.1) is 0 Å².